The van der Waals surface area contributed by atoms with Crippen molar-refractivity contribution in [3.05, 3.63) is 53.3 Å². The Balaban J connectivity index is 1.51. The number of carbonyl (C=O) groups is 1. The second-order valence-electron chi connectivity index (χ2n) is 6.12. The van der Waals surface area contributed by atoms with E-state index in [1.165, 1.54) is 5.56 Å². The zero-order chi connectivity index (χ0) is 18.4. The van der Waals surface area contributed by atoms with Crippen LogP contribution >= 0.6 is 12.2 Å². The predicted molar refractivity (Wildman–Crippen MR) is 102 cm³/mol. The van der Waals surface area contributed by atoms with E-state index in [1.807, 2.05) is 46.5 Å². The molecule has 3 rings (SSSR count). The molecule has 3 aromatic rings. The Morgan fingerprint density at radius 3 is 2.81 bits per heavy atom. The third-order valence-electron chi connectivity index (χ3n) is 4.10. The first-order valence-electron chi connectivity index (χ1n) is 8.58. The van der Waals surface area contributed by atoms with Crippen LogP contribution in [0.3, 0.4) is 0 Å². The molecule has 2 aromatic heterocycles. The lowest BCUT2D eigenvalue weighted by Crippen LogP contribution is -2.26. The maximum atomic E-state index is 12.1. The molecule has 0 aliphatic heterocycles. The Labute approximate surface area is 157 Å². The fourth-order valence-electron chi connectivity index (χ4n) is 2.66. The number of aromatic amines is 1. The molecule has 7 nitrogen and oxygen atoms in total. The Bertz CT molecular complexity index is 895. The van der Waals surface area contributed by atoms with Gasteiger partial charge in [0.2, 0.25) is 5.91 Å². The van der Waals surface area contributed by atoms with Gasteiger partial charge in [0.1, 0.15) is 0 Å². The lowest BCUT2D eigenvalue weighted by Gasteiger charge is -2.08. The van der Waals surface area contributed by atoms with Crippen LogP contribution in [0, 0.1) is 11.7 Å². The molecule has 0 spiro atoms. The Kier molecular flexibility index (Phi) is 5.96. The van der Waals surface area contributed by atoms with Gasteiger partial charge in [0.05, 0.1) is 6.33 Å². The lowest BCUT2D eigenvalue weighted by atomic mass is 10.1. The van der Waals surface area contributed by atoms with E-state index < -0.39 is 0 Å². The van der Waals surface area contributed by atoms with Crippen LogP contribution in [0.2, 0.25) is 0 Å². The van der Waals surface area contributed by atoms with Crippen molar-refractivity contribution < 1.29 is 4.79 Å². The molecule has 2 N–H and O–H groups in total. The van der Waals surface area contributed by atoms with Crippen molar-refractivity contribution in [1.82, 2.24) is 29.6 Å². The van der Waals surface area contributed by atoms with Gasteiger partial charge in [-0.15, -0.1) is 0 Å². The quantitative estimate of drug-likeness (QED) is 0.472. The number of nitrogens with zero attached hydrogens (tertiary/aromatic N) is 4. The molecule has 0 aliphatic carbocycles. The highest BCUT2D eigenvalue weighted by atomic mass is 32.1. The maximum absolute atomic E-state index is 12.1. The van der Waals surface area contributed by atoms with Crippen LogP contribution < -0.4 is 5.32 Å². The highest BCUT2D eigenvalue weighted by molar-refractivity contribution is 7.71. The number of rotatable bonds is 8. The Morgan fingerprint density at radius 2 is 2.08 bits per heavy atom. The summed E-state index contributed by atoms with van der Waals surface area (Å²) in [6, 6.07) is 8.08. The van der Waals surface area contributed by atoms with Gasteiger partial charge in [-0.3, -0.25) is 14.5 Å². The van der Waals surface area contributed by atoms with Crippen molar-refractivity contribution in [2.24, 2.45) is 0 Å². The van der Waals surface area contributed by atoms with Crippen LogP contribution in [0.25, 0.3) is 11.4 Å². The number of imidazole rings is 1. The first kappa shape index (κ1) is 18.1. The van der Waals surface area contributed by atoms with Crippen molar-refractivity contribution >= 4 is 18.1 Å². The first-order chi connectivity index (χ1) is 12.6. The highest BCUT2D eigenvalue weighted by Gasteiger charge is 2.10. The first-order valence-corrected chi connectivity index (χ1v) is 8.99. The van der Waals surface area contributed by atoms with Crippen molar-refractivity contribution in [1.29, 1.82) is 0 Å². The van der Waals surface area contributed by atoms with E-state index >= 15 is 0 Å². The molecule has 0 atom stereocenters. The molecule has 0 saturated carbocycles. The average Bonchev–Trinajstić information content (AvgIpc) is 3.27. The molecule has 0 fully saturated rings. The van der Waals surface area contributed by atoms with Crippen LogP contribution in [-0.4, -0.2) is 36.8 Å². The number of hydrogen-bond donors (Lipinski definition) is 2. The van der Waals surface area contributed by atoms with Crippen molar-refractivity contribution in [3.63, 3.8) is 0 Å². The average molecular weight is 370 g/mol. The van der Waals surface area contributed by atoms with E-state index in [0.717, 1.165) is 24.4 Å². The highest BCUT2D eigenvalue weighted by Crippen LogP contribution is 2.18. The normalized spacial score (nSPS) is 10.8. The van der Waals surface area contributed by atoms with Gasteiger partial charge in [-0.05, 0) is 25.6 Å². The maximum Gasteiger partial charge on any atom is 0.221 e. The summed E-state index contributed by atoms with van der Waals surface area (Å²) in [6.07, 6.45) is 6.66. The monoisotopic (exact) mass is 370 g/mol. The van der Waals surface area contributed by atoms with Gasteiger partial charge in [-0.25, -0.2) is 4.98 Å². The fourth-order valence-corrected chi connectivity index (χ4v) is 2.88. The summed E-state index contributed by atoms with van der Waals surface area (Å²) in [4.78, 5) is 16.1. The molecular weight excluding hydrogens is 348 g/mol. The number of aromatic nitrogens is 5. The molecule has 0 radical (unpaired) electrons. The number of benzene rings is 1. The van der Waals surface area contributed by atoms with Crippen molar-refractivity contribution in [3.8, 4) is 11.4 Å². The summed E-state index contributed by atoms with van der Waals surface area (Å²) in [5.74, 6) is 0.761. The van der Waals surface area contributed by atoms with Gasteiger partial charge in [-0.2, -0.15) is 5.10 Å². The molecule has 0 saturated heterocycles. The minimum atomic E-state index is 0.00795. The number of aryl methyl sites for hydroxylation is 2. The molecule has 2 heterocycles. The third-order valence-corrected chi connectivity index (χ3v) is 4.42. The molecule has 26 heavy (non-hydrogen) atoms. The van der Waals surface area contributed by atoms with Gasteiger partial charge in [0, 0.05) is 44.0 Å². The van der Waals surface area contributed by atoms with Gasteiger partial charge >= 0.3 is 0 Å². The number of amides is 1. The Morgan fingerprint density at radius 1 is 1.27 bits per heavy atom. The van der Waals surface area contributed by atoms with Gasteiger partial charge < -0.3 is 9.88 Å². The second-order valence-corrected chi connectivity index (χ2v) is 6.51. The molecule has 136 valence electrons. The number of nitrogens with one attached hydrogen (secondary N) is 2. The topological polar surface area (TPSA) is 80.5 Å². The van der Waals surface area contributed by atoms with E-state index in [0.29, 0.717) is 24.3 Å². The predicted octanol–water partition coefficient (Wildman–Crippen LogP) is 2.71. The minimum absolute atomic E-state index is 0.00795. The second kappa shape index (κ2) is 8.57. The van der Waals surface area contributed by atoms with E-state index in [2.05, 4.69) is 20.5 Å². The van der Waals surface area contributed by atoms with Crippen LogP contribution in [0.5, 0.6) is 0 Å². The summed E-state index contributed by atoms with van der Waals surface area (Å²) < 4.78 is 4.38. The lowest BCUT2D eigenvalue weighted by molar-refractivity contribution is -0.121. The summed E-state index contributed by atoms with van der Waals surface area (Å²) in [6.45, 7) is 4.01. The van der Waals surface area contributed by atoms with E-state index in [-0.39, 0.29) is 5.91 Å². The Hall–Kier alpha value is -2.74. The summed E-state index contributed by atoms with van der Waals surface area (Å²) >= 11 is 5.31. The molecule has 1 aromatic carbocycles. The molecule has 0 unspecified atom stereocenters. The van der Waals surface area contributed by atoms with E-state index in [1.54, 1.807) is 12.5 Å². The summed E-state index contributed by atoms with van der Waals surface area (Å²) in [7, 11) is 0. The smallest absolute Gasteiger partial charge is 0.221 e. The minimum Gasteiger partial charge on any atom is -0.356 e. The van der Waals surface area contributed by atoms with E-state index in [9.17, 15) is 4.79 Å². The SMILES string of the molecule is Cc1ccc(-c2n[nH]c(=S)n2CCC(=O)NCCCn2ccnc2)cc1. The molecule has 1 amide bonds. The summed E-state index contributed by atoms with van der Waals surface area (Å²) in [5, 5.41) is 10.1. The van der Waals surface area contributed by atoms with Crippen LogP contribution in [0.1, 0.15) is 18.4 Å². The molecule has 0 aliphatic rings. The van der Waals surface area contributed by atoms with Crippen molar-refractivity contribution in [2.45, 2.75) is 32.9 Å². The standard InChI is InChI=1S/C18H22N6OS/c1-14-3-5-15(6-4-14)17-21-22-18(26)24(17)11-7-16(25)20-8-2-10-23-12-9-19-13-23/h3-6,9,12-13H,2,7-8,10-11H2,1H3,(H,20,25)(H,22,26). The van der Waals surface area contributed by atoms with Gasteiger partial charge in [0.25, 0.3) is 0 Å². The number of H-pyrrole nitrogens is 1. The fraction of sp³-hybridized carbons (Fsp3) is 0.333. The van der Waals surface area contributed by atoms with E-state index in [4.69, 9.17) is 12.2 Å². The van der Waals surface area contributed by atoms with Crippen LogP contribution in [0.4, 0.5) is 0 Å². The number of carbonyl (C=O) groups excluding carboxylic acids is 1. The summed E-state index contributed by atoms with van der Waals surface area (Å²) in [5.41, 5.74) is 2.16. The largest absolute Gasteiger partial charge is 0.356 e. The van der Waals surface area contributed by atoms with Gasteiger partial charge in [-0.1, -0.05) is 29.8 Å². The van der Waals surface area contributed by atoms with Crippen LogP contribution in [-0.2, 0) is 17.9 Å². The van der Waals surface area contributed by atoms with Gasteiger partial charge in [0.15, 0.2) is 10.6 Å². The van der Waals surface area contributed by atoms with Crippen LogP contribution in [0.15, 0.2) is 43.0 Å². The van der Waals surface area contributed by atoms with Crippen molar-refractivity contribution in [2.75, 3.05) is 6.54 Å². The zero-order valence-corrected chi connectivity index (χ0v) is 15.5. The molecular formula is C18H22N6OS. The molecule has 0 bridgehead atoms. The molecule has 8 heteroatoms. The zero-order valence-electron chi connectivity index (χ0n) is 14.7. The third kappa shape index (κ3) is 4.66. The number of hydrogen-bond acceptors (Lipinski definition) is 4.